The second-order valence-electron chi connectivity index (χ2n) is 10.2. The lowest BCUT2D eigenvalue weighted by Crippen LogP contribution is -2.49. The molecule has 2 aromatic heterocycles. The summed E-state index contributed by atoms with van der Waals surface area (Å²) in [5, 5.41) is 12.2. The Bertz CT molecular complexity index is 1280. The van der Waals surface area contributed by atoms with E-state index in [9.17, 15) is 4.79 Å². The van der Waals surface area contributed by atoms with Crippen molar-refractivity contribution in [2.75, 3.05) is 18.1 Å². The van der Waals surface area contributed by atoms with Gasteiger partial charge in [0.05, 0.1) is 19.8 Å². The molecule has 1 saturated heterocycles. The van der Waals surface area contributed by atoms with Gasteiger partial charge >= 0.3 is 0 Å². The highest BCUT2D eigenvalue weighted by Gasteiger charge is 2.43. The highest BCUT2D eigenvalue weighted by Crippen LogP contribution is 2.38. The number of pyridine rings is 1. The minimum Gasteiger partial charge on any atom is -0.379 e. The van der Waals surface area contributed by atoms with Crippen LogP contribution in [0.15, 0.2) is 36.7 Å². The van der Waals surface area contributed by atoms with Crippen LogP contribution in [0.2, 0.25) is 5.15 Å². The molecule has 182 valence electrons. The largest absolute Gasteiger partial charge is 0.379 e. The van der Waals surface area contributed by atoms with Crippen LogP contribution >= 0.6 is 11.6 Å². The van der Waals surface area contributed by atoms with Crippen LogP contribution in [0.5, 0.6) is 0 Å². The van der Waals surface area contributed by atoms with Crippen LogP contribution in [-0.4, -0.2) is 44.9 Å². The summed E-state index contributed by atoms with van der Waals surface area (Å²) in [6.45, 7) is 4.62. The Morgan fingerprint density at radius 2 is 2.09 bits per heavy atom. The Morgan fingerprint density at radius 3 is 2.77 bits per heavy atom. The molecule has 0 bridgehead atoms. The zero-order valence-corrected chi connectivity index (χ0v) is 20.8. The molecule has 3 aliphatic rings. The number of carbonyl (C=O) groups is 1. The lowest BCUT2D eigenvalue weighted by Gasteiger charge is -2.41. The molecule has 4 heterocycles. The first kappa shape index (κ1) is 22.6. The van der Waals surface area contributed by atoms with Gasteiger partial charge in [-0.05, 0) is 60.6 Å². The number of anilines is 1. The van der Waals surface area contributed by atoms with E-state index < -0.39 is 0 Å². The van der Waals surface area contributed by atoms with Crippen LogP contribution in [0.3, 0.4) is 0 Å². The minimum atomic E-state index is -0.199. The van der Waals surface area contributed by atoms with E-state index >= 15 is 0 Å². The lowest BCUT2D eigenvalue weighted by molar-refractivity contribution is -0.0611. The van der Waals surface area contributed by atoms with Gasteiger partial charge in [-0.3, -0.25) is 9.69 Å². The van der Waals surface area contributed by atoms with Crippen molar-refractivity contribution >= 4 is 23.3 Å². The van der Waals surface area contributed by atoms with Crippen LogP contribution in [0.4, 0.5) is 5.82 Å². The molecular weight excluding hydrogens is 464 g/mol. The fourth-order valence-corrected chi connectivity index (χ4v) is 5.35. The smallest absolute Gasteiger partial charge is 0.260 e. The van der Waals surface area contributed by atoms with E-state index in [0.717, 1.165) is 34.0 Å². The molecule has 0 unspecified atom stereocenters. The number of benzene rings is 1. The summed E-state index contributed by atoms with van der Waals surface area (Å²) in [6.07, 6.45) is 5.02. The summed E-state index contributed by atoms with van der Waals surface area (Å²) in [5.41, 5.74) is 3.65. The zero-order chi connectivity index (χ0) is 24.2. The van der Waals surface area contributed by atoms with E-state index in [1.165, 1.54) is 12.8 Å². The number of aryl methyl sites for hydroxylation is 1. The number of hydrogen-bond donors (Lipinski definition) is 1. The first-order valence-electron chi connectivity index (χ1n) is 12.2. The van der Waals surface area contributed by atoms with Crippen molar-refractivity contribution in [3.63, 3.8) is 0 Å². The molecule has 8 nitrogen and oxygen atoms in total. The van der Waals surface area contributed by atoms with Crippen LogP contribution in [0.1, 0.15) is 52.6 Å². The first-order chi connectivity index (χ1) is 16.9. The Balaban J connectivity index is 1.23. The number of nitrogens with one attached hydrogen (secondary N) is 1. The maximum absolute atomic E-state index is 13.5. The van der Waals surface area contributed by atoms with Gasteiger partial charge in [0.25, 0.3) is 5.91 Å². The van der Waals surface area contributed by atoms with E-state index in [4.69, 9.17) is 16.3 Å². The third kappa shape index (κ3) is 4.24. The molecule has 9 heteroatoms. The molecule has 1 atom stereocenters. The fourth-order valence-electron chi connectivity index (χ4n) is 5.12. The summed E-state index contributed by atoms with van der Waals surface area (Å²) < 4.78 is 7.55. The number of hydrogen-bond acceptors (Lipinski definition) is 6. The Morgan fingerprint density at radius 1 is 1.26 bits per heavy atom. The average molecular weight is 493 g/mol. The van der Waals surface area contributed by atoms with Gasteiger partial charge in [0.15, 0.2) is 0 Å². The second kappa shape index (κ2) is 8.69. The third-order valence-electron chi connectivity index (χ3n) is 7.66. The Labute approximate surface area is 209 Å². The molecule has 2 aliphatic heterocycles. The van der Waals surface area contributed by atoms with Gasteiger partial charge in [-0.2, -0.15) is 0 Å². The predicted molar refractivity (Wildman–Crippen MR) is 132 cm³/mol. The number of carbonyl (C=O) groups excluding carboxylic acids is 1. The summed E-state index contributed by atoms with van der Waals surface area (Å²) >= 11 is 6.37. The topological polar surface area (TPSA) is 85.2 Å². The van der Waals surface area contributed by atoms with E-state index in [2.05, 4.69) is 39.6 Å². The summed E-state index contributed by atoms with van der Waals surface area (Å²) in [5.74, 6) is 2.23. The van der Waals surface area contributed by atoms with Crippen molar-refractivity contribution in [1.29, 1.82) is 0 Å². The average Bonchev–Trinajstić information content (AvgIpc) is 3.52. The standard InChI is InChI=1S/C26H29ClN6O2/c1-16(18-3-4-18)28-11-17-7-22(27)30-23(8-17)33-12-19-5-6-20(9-21(19)25(33)34)26(13-35-14-26)10-24-31-29-15-32(24)2/h5-9,15-16,18,28H,3-4,10-14H2,1-2H3/t16-/m1/s1. The van der Waals surface area contributed by atoms with Gasteiger partial charge in [0, 0.05) is 37.0 Å². The van der Waals surface area contributed by atoms with Gasteiger partial charge in [0.1, 0.15) is 23.1 Å². The molecule has 1 amide bonds. The van der Waals surface area contributed by atoms with Crippen LogP contribution in [0.25, 0.3) is 0 Å². The van der Waals surface area contributed by atoms with Gasteiger partial charge in [-0.15, -0.1) is 10.2 Å². The van der Waals surface area contributed by atoms with Gasteiger partial charge in [-0.25, -0.2) is 4.98 Å². The second-order valence-corrected chi connectivity index (χ2v) is 10.6. The van der Waals surface area contributed by atoms with Gasteiger partial charge in [0.2, 0.25) is 0 Å². The fraction of sp³-hybridized carbons (Fsp3) is 0.462. The van der Waals surface area contributed by atoms with E-state index in [1.807, 2.05) is 29.8 Å². The highest BCUT2D eigenvalue weighted by atomic mass is 35.5. The van der Waals surface area contributed by atoms with Gasteiger partial charge in [-0.1, -0.05) is 23.7 Å². The first-order valence-corrected chi connectivity index (χ1v) is 12.6. The maximum atomic E-state index is 13.5. The van der Waals surface area contributed by atoms with Crippen LogP contribution in [0, 0.1) is 5.92 Å². The number of aromatic nitrogens is 4. The van der Waals surface area contributed by atoms with Crippen molar-refractivity contribution in [3.8, 4) is 0 Å². The maximum Gasteiger partial charge on any atom is 0.260 e. The van der Waals surface area contributed by atoms with Gasteiger partial charge < -0.3 is 14.6 Å². The molecule has 1 saturated carbocycles. The molecule has 1 N–H and O–H groups in total. The highest BCUT2D eigenvalue weighted by molar-refractivity contribution is 6.29. The van der Waals surface area contributed by atoms with Crippen LogP contribution < -0.4 is 10.2 Å². The summed E-state index contributed by atoms with van der Waals surface area (Å²) in [7, 11) is 1.95. The molecule has 2 fully saturated rings. The molecule has 3 aromatic rings. The van der Waals surface area contributed by atoms with Crippen molar-refractivity contribution in [2.24, 2.45) is 13.0 Å². The van der Waals surface area contributed by atoms with E-state index in [0.29, 0.717) is 49.7 Å². The quantitative estimate of drug-likeness (QED) is 0.485. The predicted octanol–water partition coefficient (Wildman–Crippen LogP) is 3.42. The minimum absolute atomic E-state index is 0.0454. The van der Waals surface area contributed by atoms with Crippen molar-refractivity contribution < 1.29 is 9.53 Å². The molecular formula is C26H29ClN6O2. The molecule has 0 radical (unpaired) electrons. The van der Waals surface area contributed by atoms with E-state index in [1.54, 1.807) is 11.2 Å². The molecule has 6 rings (SSSR count). The van der Waals surface area contributed by atoms with Crippen molar-refractivity contribution in [1.82, 2.24) is 25.1 Å². The zero-order valence-electron chi connectivity index (χ0n) is 20.0. The number of rotatable bonds is 8. The SMILES string of the molecule is C[C@@H](NCc1cc(Cl)nc(N2Cc3ccc(C4(Cc5nncn5C)COC4)cc3C2=O)c1)C1CC1. The van der Waals surface area contributed by atoms with Crippen molar-refractivity contribution in [2.45, 2.75) is 50.7 Å². The van der Waals surface area contributed by atoms with E-state index in [-0.39, 0.29) is 11.3 Å². The molecule has 0 spiro atoms. The van der Waals surface area contributed by atoms with Crippen LogP contribution in [-0.2, 0) is 36.7 Å². The monoisotopic (exact) mass is 492 g/mol. The Hall–Kier alpha value is -2.81. The summed E-state index contributed by atoms with van der Waals surface area (Å²) in [4.78, 5) is 19.7. The Kier molecular flexibility index (Phi) is 5.62. The number of amides is 1. The normalized spacial score (nSPS) is 19.5. The van der Waals surface area contributed by atoms with Crippen molar-refractivity contribution in [3.05, 3.63) is 69.9 Å². The molecule has 1 aliphatic carbocycles. The number of nitrogens with zero attached hydrogens (tertiary/aromatic N) is 5. The number of ether oxygens (including phenoxy) is 1. The molecule has 1 aromatic carbocycles. The number of halogens is 1. The number of fused-ring (bicyclic) bond motifs is 1. The lowest BCUT2D eigenvalue weighted by atomic mass is 9.75. The summed E-state index contributed by atoms with van der Waals surface area (Å²) in [6, 6.07) is 10.5. The third-order valence-corrected chi connectivity index (χ3v) is 7.85. The molecule has 35 heavy (non-hydrogen) atoms.